The number of fused-ring (bicyclic) bond motifs is 8. The van der Waals surface area contributed by atoms with Gasteiger partial charge in [-0.15, -0.1) is 0 Å². The Morgan fingerprint density at radius 1 is 0.511 bits per heavy atom. The van der Waals surface area contributed by atoms with Gasteiger partial charge in [0.1, 0.15) is 0 Å². The maximum atomic E-state index is 13.6. The zero-order valence-corrected chi connectivity index (χ0v) is 25.7. The first-order valence-electron chi connectivity index (χ1n) is 15.4. The molecule has 3 heterocycles. The van der Waals surface area contributed by atoms with Gasteiger partial charge in [-0.3, -0.25) is 0 Å². The highest BCUT2D eigenvalue weighted by atomic mass is 32.2. The molecular formula is C41H23N3O2S. The van der Waals surface area contributed by atoms with Gasteiger partial charge in [0.2, 0.25) is 9.84 Å². The molecule has 0 radical (unpaired) electrons. The Morgan fingerprint density at radius 2 is 1.11 bits per heavy atom. The molecule has 0 N–H and O–H groups in total. The fourth-order valence-corrected chi connectivity index (χ4v) is 8.92. The molecule has 7 aromatic carbocycles. The van der Waals surface area contributed by atoms with Gasteiger partial charge in [0, 0.05) is 38.0 Å². The van der Waals surface area contributed by atoms with E-state index in [0.717, 1.165) is 38.5 Å². The van der Waals surface area contributed by atoms with Gasteiger partial charge in [-0.25, -0.2) is 8.42 Å². The van der Waals surface area contributed by atoms with Crippen molar-refractivity contribution in [3.63, 3.8) is 0 Å². The number of rotatable bonds is 3. The summed E-state index contributed by atoms with van der Waals surface area (Å²) in [6.07, 6.45) is 0. The van der Waals surface area contributed by atoms with Crippen LogP contribution in [0, 0.1) is 11.3 Å². The lowest BCUT2D eigenvalue weighted by atomic mass is 9.99. The molecule has 0 saturated carbocycles. The van der Waals surface area contributed by atoms with Gasteiger partial charge in [0.15, 0.2) is 0 Å². The third-order valence-corrected chi connectivity index (χ3v) is 11.5. The van der Waals surface area contributed by atoms with Gasteiger partial charge in [-0.1, -0.05) is 66.7 Å². The first kappa shape index (κ1) is 26.1. The van der Waals surface area contributed by atoms with Crippen LogP contribution < -0.4 is 0 Å². The van der Waals surface area contributed by atoms with Crippen molar-refractivity contribution in [3.05, 3.63) is 145 Å². The highest BCUT2D eigenvalue weighted by Crippen LogP contribution is 2.47. The van der Waals surface area contributed by atoms with Gasteiger partial charge in [0.25, 0.3) is 0 Å². The molecule has 0 unspecified atom stereocenters. The van der Waals surface area contributed by atoms with E-state index in [4.69, 9.17) is 5.26 Å². The van der Waals surface area contributed by atoms with Crippen LogP contribution in [0.25, 0.3) is 76.4 Å². The summed E-state index contributed by atoms with van der Waals surface area (Å²) in [6.45, 7) is 0. The number of aromatic nitrogens is 2. The number of sulfone groups is 1. The summed E-state index contributed by atoms with van der Waals surface area (Å²) in [7, 11) is -3.77. The van der Waals surface area contributed by atoms with Crippen LogP contribution in [0.3, 0.4) is 0 Å². The van der Waals surface area contributed by atoms with Crippen molar-refractivity contribution in [3.8, 4) is 11.8 Å². The second-order valence-electron chi connectivity index (χ2n) is 12.1. The smallest absolute Gasteiger partial charge is 0.206 e. The molecule has 6 heteroatoms. The van der Waals surface area contributed by atoms with E-state index in [1.165, 1.54) is 62.1 Å². The molecule has 0 saturated heterocycles. The third kappa shape index (κ3) is 3.38. The third-order valence-electron chi connectivity index (χ3n) is 9.69. The molecule has 10 aromatic rings. The quantitative estimate of drug-likeness (QED) is 0.197. The van der Waals surface area contributed by atoms with E-state index in [2.05, 4.69) is 100.0 Å². The zero-order chi connectivity index (χ0) is 31.4. The van der Waals surface area contributed by atoms with Gasteiger partial charge in [-0.2, -0.15) is 5.26 Å². The predicted octanol–water partition coefficient (Wildman–Crippen LogP) is 9.79. The van der Waals surface area contributed by atoms with E-state index in [1.54, 1.807) is 12.1 Å². The molecule has 0 atom stereocenters. The van der Waals surface area contributed by atoms with Crippen LogP contribution in [0.15, 0.2) is 149 Å². The highest BCUT2D eigenvalue weighted by Gasteiger charge is 2.25. The van der Waals surface area contributed by atoms with E-state index in [1.807, 2.05) is 18.2 Å². The van der Waals surface area contributed by atoms with E-state index >= 15 is 0 Å². The number of nitriles is 1. The first-order chi connectivity index (χ1) is 23.0. The lowest BCUT2D eigenvalue weighted by molar-refractivity contribution is 0.596. The molecule has 220 valence electrons. The van der Waals surface area contributed by atoms with Crippen LogP contribution in [0.5, 0.6) is 0 Å². The van der Waals surface area contributed by atoms with E-state index < -0.39 is 9.84 Å². The van der Waals surface area contributed by atoms with Crippen molar-refractivity contribution >= 4 is 80.5 Å². The molecule has 0 aliphatic rings. The fourth-order valence-electron chi connectivity index (χ4n) is 7.66. The van der Waals surface area contributed by atoms with Crippen molar-refractivity contribution in [2.75, 3.05) is 0 Å². The standard InChI is InChI=1S/C41H23N3O2S/c42-24-25-13-17-28(18-14-25)47(45,46)29-19-15-27(16-20-29)43-37-22-21-33-31-9-3-5-11-35(31)44-36-12-6-4-10-32(36)34-23-26-7-1-2-8-30(26)40(43)38(34)39(37)41(33)44/h1-23H. The summed E-state index contributed by atoms with van der Waals surface area (Å²) >= 11 is 0. The Balaban J connectivity index is 1.36. The minimum absolute atomic E-state index is 0.160. The summed E-state index contributed by atoms with van der Waals surface area (Å²) < 4.78 is 31.9. The Morgan fingerprint density at radius 3 is 1.79 bits per heavy atom. The monoisotopic (exact) mass is 621 g/mol. The Bertz CT molecular complexity index is 3070. The molecule has 0 aliphatic heterocycles. The van der Waals surface area contributed by atoms with Crippen LogP contribution in [0.2, 0.25) is 0 Å². The average Bonchev–Trinajstić information content (AvgIpc) is 3.61. The first-order valence-corrected chi connectivity index (χ1v) is 16.9. The lowest BCUT2D eigenvalue weighted by Gasteiger charge is -2.12. The van der Waals surface area contributed by atoms with E-state index in [9.17, 15) is 8.42 Å². The molecule has 47 heavy (non-hydrogen) atoms. The van der Waals surface area contributed by atoms with Crippen LogP contribution >= 0.6 is 0 Å². The maximum Gasteiger partial charge on any atom is 0.206 e. The molecule has 0 spiro atoms. The molecule has 0 bridgehead atoms. The summed E-state index contributed by atoms with van der Waals surface area (Å²) in [5.74, 6) is 0. The van der Waals surface area contributed by atoms with Gasteiger partial charge in [0.05, 0.1) is 49.0 Å². The maximum absolute atomic E-state index is 13.6. The minimum Gasteiger partial charge on any atom is -0.309 e. The van der Waals surface area contributed by atoms with Crippen molar-refractivity contribution in [2.24, 2.45) is 0 Å². The van der Waals surface area contributed by atoms with Gasteiger partial charge < -0.3 is 8.97 Å². The van der Waals surface area contributed by atoms with Crippen LogP contribution in [-0.4, -0.2) is 17.4 Å². The van der Waals surface area contributed by atoms with Crippen LogP contribution in [0.1, 0.15) is 5.56 Å². The number of para-hydroxylation sites is 2. The SMILES string of the molecule is N#Cc1ccc(S(=O)(=O)c2ccc(-n3c4ccc5c6ccccc6n6c7ccccc7c7cc8ccccc8c3c7c4c56)cc2)cc1. The highest BCUT2D eigenvalue weighted by molar-refractivity contribution is 7.91. The van der Waals surface area contributed by atoms with Crippen molar-refractivity contribution in [2.45, 2.75) is 9.79 Å². The van der Waals surface area contributed by atoms with Crippen molar-refractivity contribution in [1.82, 2.24) is 8.97 Å². The predicted molar refractivity (Wildman–Crippen MR) is 190 cm³/mol. The van der Waals surface area contributed by atoms with Crippen molar-refractivity contribution < 1.29 is 8.42 Å². The van der Waals surface area contributed by atoms with Gasteiger partial charge in [-0.05, 0) is 83.6 Å². The number of nitrogens with zero attached hydrogens (tertiary/aromatic N) is 3. The number of benzene rings is 7. The summed E-state index contributed by atoms with van der Waals surface area (Å²) in [4.78, 5) is 0.364. The molecule has 0 aliphatic carbocycles. The Hall–Kier alpha value is -6.16. The number of hydrogen-bond donors (Lipinski definition) is 0. The summed E-state index contributed by atoms with van der Waals surface area (Å²) in [5, 5.41) is 18.6. The molecule has 3 aromatic heterocycles. The Kier molecular flexibility index (Phi) is 5.11. The molecule has 0 amide bonds. The normalized spacial score (nSPS) is 12.4. The topological polar surface area (TPSA) is 67.3 Å². The molecular weight excluding hydrogens is 599 g/mol. The molecule has 5 nitrogen and oxygen atoms in total. The van der Waals surface area contributed by atoms with Crippen molar-refractivity contribution in [1.29, 1.82) is 5.26 Å². The van der Waals surface area contributed by atoms with Gasteiger partial charge >= 0.3 is 0 Å². The zero-order valence-electron chi connectivity index (χ0n) is 24.8. The van der Waals surface area contributed by atoms with E-state index in [-0.39, 0.29) is 9.79 Å². The number of hydrogen-bond acceptors (Lipinski definition) is 3. The average molecular weight is 622 g/mol. The lowest BCUT2D eigenvalue weighted by Crippen LogP contribution is -2.03. The largest absolute Gasteiger partial charge is 0.309 e. The Labute approximate surface area is 269 Å². The second kappa shape index (κ2) is 9.20. The molecule has 10 rings (SSSR count). The van der Waals surface area contributed by atoms with Crippen LogP contribution in [0.4, 0.5) is 0 Å². The molecule has 0 fully saturated rings. The van der Waals surface area contributed by atoms with Crippen LogP contribution in [-0.2, 0) is 9.84 Å². The van der Waals surface area contributed by atoms with E-state index in [0.29, 0.717) is 5.56 Å². The summed E-state index contributed by atoms with van der Waals surface area (Å²) in [5.41, 5.74) is 6.94. The minimum atomic E-state index is -3.77. The fraction of sp³-hybridized carbons (Fsp3) is 0. The second-order valence-corrected chi connectivity index (χ2v) is 14.0. The summed E-state index contributed by atoms with van der Waals surface area (Å²) in [6, 6.07) is 47.8.